The zero-order valence-corrected chi connectivity index (χ0v) is 17.7. The Kier molecular flexibility index (Phi) is 5.68. The number of aromatic nitrogens is 4. The van der Waals surface area contributed by atoms with Gasteiger partial charge in [-0.1, -0.05) is 17.7 Å². The van der Waals surface area contributed by atoms with Gasteiger partial charge in [-0.25, -0.2) is 9.97 Å². The van der Waals surface area contributed by atoms with Gasteiger partial charge < -0.3 is 14.5 Å². The highest BCUT2D eigenvalue weighted by Crippen LogP contribution is 2.36. The highest BCUT2D eigenvalue weighted by Gasteiger charge is 2.14. The van der Waals surface area contributed by atoms with Crippen molar-refractivity contribution >= 4 is 11.6 Å². The number of ether oxygens (including phenoxy) is 2. The molecule has 0 atom stereocenters. The lowest BCUT2D eigenvalue weighted by Crippen LogP contribution is -2.00. The lowest BCUT2D eigenvalue weighted by atomic mass is 10.1. The first-order valence-corrected chi connectivity index (χ1v) is 9.81. The third-order valence-corrected chi connectivity index (χ3v) is 4.94. The molecule has 0 saturated carbocycles. The number of hydrogen-bond donors (Lipinski definition) is 1. The molecule has 0 saturated heterocycles. The number of nitrogens with zero attached hydrogens (tertiary/aromatic N) is 3. The minimum atomic E-state index is 0.390. The van der Waals surface area contributed by atoms with Crippen LogP contribution in [-0.4, -0.2) is 27.0 Å². The molecule has 6 nitrogen and oxygen atoms in total. The molecule has 30 heavy (non-hydrogen) atoms. The summed E-state index contributed by atoms with van der Waals surface area (Å²) in [5, 5.41) is 0.444. The number of hydrogen-bond acceptors (Lipinski definition) is 5. The van der Waals surface area contributed by atoms with Gasteiger partial charge in [0.15, 0.2) is 0 Å². The summed E-state index contributed by atoms with van der Waals surface area (Å²) in [6, 6.07) is 11.5. The average molecular weight is 421 g/mol. The molecule has 0 aliphatic carbocycles. The van der Waals surface area contributed by atoms with E-state index in [2.05, 4.69) is 19.9 Å². The van der Waals surface area contributed by atoms with E-state index in [0.29, 0.717) is 23.3 Å². The van der Waals surface area contributed by atoms with Gasteiger partial charge in [0.1, 0.15) is 29.1 Å². The third kappa shape index (κ3) is 4.28. The summed E-state index contributed by atoms with van der Waals surface area (Å²) < 4.78 is 11.6. The SMILES string of the molecule is COc1cc(OCc2ccc(C)cn2)c(C)cc1-c1cnc(-c2ccc(Cl)nc2)[nH]1. The van der Waals surface area contributed by atoms with Gasteiger partial charge >= 0.3 is 0 Å². The van der Waals surface area contributed by atoms with Gasteiger partial charge in [-0.15, -0.1) is 0 Å². The lowest BCUT2D eigenvalue weighted by molar-refractivity contribution is 0.297. The van der Waals surface area contributed by atoms with Crippen molar-refractivity contribution in [2.45, 2.75) is 20.5 Å². The van der Waals surface area contributed by atoms with Gasteiger partial charge in [0.05, 0.1) is 24.7 Å². The zero-order valence-electron chi connectivity index (χ0n) is 16.9. The molecule has 3 aromatic heterocycles. The van der Waals surface area contributed by atoms with Gasteiger partial charge in [0.25, 0.3) is 0 Å². The minimum Gasteiger partial charge on any atom is -0.496 e. The van der Waals surface area contributed by atoms with Crippen LogP contribution in [0.15, 0.2) is 55.0 Å². The van der Waals surface area contributed by atoms with E-state index in [-0.39, 0.29) is 0 Å². The highest BCUT2D eigenvalue weighted by atomic mass is 35.5. The van der Waals surface area contributed by atoms with Crippen LogP contribution in [0, 0.1) is 13.8 Å². The van der Waals surface area contributed by atoms with Gasteiger partial charge in [-0.3, -0.25) is 4.98 Å². The van der Waals surface area contributed by atoms with Crippen molar-refractivity contribution in [3.63, 3.8) is 0 Å². The Morgan fingerprint density at radius 3 is 2.50 bits per heavy atom. The van der Waals surface area contributed by atoms with Crippen LogP contribution in [0.25, 0.3) is 22.6 Å². The summed E-state index contributed by atoms with van der Waals surface area (Å²) in [6.45, 7) is 4.40. The highest BCUT2D eigenvalue weighted by molar-refractivity contribution is 6.29. The molecule has 0 amide bonds. The molecule has 4 aromatic rings. The number of methoxy groups -OCH3 is 1. The van der Waals surface area contributed by atoms with E-state index in [1.54, 1.807) is 25.6 Å². The molecular weight excluding hydrogens is 400 g/mol. The minimum absolute atomic E-state index is 0.390. The fraction of sp³-hybridized carbons (Fsp3) is 0.174. The molecule has 0 spiro atoms. The summed E-state index contributed by atoms with van der Waals surface area (Å²) in [5.41, 5.74) is 5.57. The Hall–Kier alpha value is -3.38. The molecular formula is C23H21ClN4O2. The number of benzene rings is 1. The number of aromatic amines is 1. The summed E-state index contributed by atoms with van der Waals surface area (Å²) in [7, 11) is 1.64. The molecule has 7 heteroatoms. The Morgan fingerprint density at radius 2 is 1.80 bits per heavy atom. The molecule has 1 aromatic carbocycles. The number of halogens is 1. The standard InChI is InChI=1S/C23H21ClN4O2/c1-14-4-6-17(25-10-14)13-30-20-9-21(29-3)18(8-15(20)2)19-12-27-23(28-19)16-5-7-22(24)26-11-16/h4-12H,13H2,1-3H3,(H,27,28). The van der Waals surface area contributed by atoms with Crippen LogP contribution in [0.4, 0.5) is 0 Å². The summed E-state index contributed by atoms with van der Waals surface area (Å²) in [4.78, 5) is 16.3. The van der Waals surface area contributed by atoms with Gasteiger partial charge in [0, 0.05) is 29.6 Å². The van der Waals surface area contributed by atoms with Crippen LogP contribution in [-0.2, 0) is 6.61 Å². The number of pyridine rings is 2. The lowest BCUT2D eigenvalue weighted by Gasteiger charge is -2.14. The molecule has 0 fully saturated rings. The van der Waals surface area contributed by atoms with Crippen molar-refractivity contribution in [3.8, 4) is 34.1 Å². The van der Waals surface area contributed by atoms with Crippen molar-refractivity contribution in [2.24, 2.45) is 0 Å². The fourth-order valence-electron chi connectivity index (χ4n) is 3.06. The van der Waals surface area contributed by atoms with E-state index in [1.165, 1.54) is 0 Å². The van der Waals surface area contributed by atoms with E-state index in [4.69, 9.17) is 21.1 Å². The molecule has 152 valence electrons. The molecule has 0 bridgehead atoms. The van der Waals surface area contributed by atoms with Gasteiger partial charge in [0.2, 0.25) is 0 Å². The van der Waals surface area contributed by atoms with Gasteiger partial charge in [-0.2, -0.15) is 0 Å². The van der Waals surface area contributed by atoms with E-state index in [1.807, 2.05) is 50.4 Å². The van der Waals surface area contributed by atoms with Crippen LogP contribution in [0.5, 0.6) is 11.5 Å². The molecule has 3 heterocycles. The number of imidazole rings is 1. The molecule has 0 unspecified atom stereocenters. The zero-order chi connectivity index (χ0) is 21.1. The summed E-state index contributed by atoms with van der Waals surface area (Å²) >= 11 is 5.87. The van der Waals surface area contributed by atoms with E-state index < -0.39 is 0 Å². The molecule has 4 rings (SSSR count). The quantitative estimate of drug-likeness (QED) is 0.423. The van der Waals surface area contributed by atoms with Crippen LogP contribution in [0.2, 0.25) is 5.15 Å². The van der Waals surface area contributed by atoms with Crippen LogP contribution in [0.3, 0.4) is 0 Å². The largest absolute Gasteiger partial charge is 0.496 e. The second-order valence-corrected chi connectivity index (χ2v) is 7.34. The Morgan fingerprint density at radius 1 is 0.933 bits per heavy atom. The fourth-order valence-corrected chi connectivity index (χ4v) is 3.17. The normalized spacial score (nSPS) is 10.8. The smallest absolute Gasteiger partial charge is 0.139 e. The van der Waals surface area contributed by atoms with E-state index in [9.17, 15) is 0 Å². The Balaban J connectivity index is 1.59. The maximum Gasteiger partial charge on any atom is 0.139 e. The summed E-state index contributed by atoms with van der Waals surface area (Å²) in [5.74, 6) is 2.15. The van der Waals surface area contributed by atoms with Crippen molar-refractivity contribution in [3.05, 3.63) is 77.0 Å². The predicted octanol–water partition coefficient (Wildman–Crippen LogP) is 5.39. The number of nitrogens with one attached hydrogen (secondary N) is 1. The van der Waals surface area contributed by atoms with Crippen molar-refractivity contribution in [1.29, 1.82) is 0 Å². The molecule has 0 aliphatic rings. The topological polar surface area (TPSA) is 72.9 Å². The van der Waals surface area contributed by atoms with Crippen molar-refractivity contribution in [1.82, 2.24) is 19.9 Å². The summed E-state index contributed by atoms with van der Waals surface area (Å²) in [6.07, 6.45) is 5.29. The second-order valence-electron chi connectivity index (χ2n) is 6.95. The second kappa shape index (κ2) is 8.55. The third-order valence-electron chi connectivity index (χ3n) is 4.71. The Bertz CT molecular complexity index is 1160. The number of aryl methyl sites for hydroxylation is 2. The Labute approximate surface area is 179 Å². The van der Waals surface area contributed by atoms with Crippen molar-refractivity contribution < 1.29 is 9.47 Å². The maximum absolute atomic E-state index is 5.99. The van der Waals surface area contributed by atoms with Crippen LogP contribution in [0.1, 0.15) is 16.8 Å². The average Bonchev–Trinajstić information content (AvgIpc) is 3.24. The molecule has 0 radical (unpaired) electrons. The monoisotopic (exact) mass is 420 g/mol. The van der Waals surface area contributed by atoms with Crippen LogP contribution >= 0.6 is 11.6 Å². The number of H-pyrrole nitrogens is 1. The van der Waals surface area contributed by atoms with Crippen molar-refractivity contribution in [2.75, 3.05) is 7.11 Å². The first-order valence-electron chi connectivity index (χ1n) is 9.44. The van der Waals surface area contributed by atoms with E-state index >= 15 is 0 Å². The van der Waals surface area contributed by atoms with E-state index in [0.717, 1.165) is 39.4 Å². The first kappa shape index (κ1) is 19.9. The molecule has 1 N–H and O–H groups in total. The first-order chi connectivity index (χ1) is 14.5. The predicted molar refractivity (Wildman–Crippen MR) is 117 cm³/mol. The maximum atomic E-state index is 5.99. The van der Waals surface area contributed by atoms with Gasteiger partial charge in [-0.05, 0) is 49.2 Å². The number of rotatable bonds is 6. The van der Waals surface area contributed by atoms with Crippen LogP contribution < -0.4 is 9.47 Å². The molecule has 0 aliphatic heterocycles.